The number of nitrogens with zero attached hydrogens (tertiary/aromatic N) is 3. The highest BCUT2D eigenvalue weighted by Gasteiger charge is 2.07. The first-order valence-corrected chi connectivity index (χ1v) is 5.51. The third kappa shape index (κ3) is 1.93. The summed E-state index contributed by atoms with van der Waals surface area (Å²) >= 11 is 0. The molecule has 0 radical (unpaired) electrons. The van der Waals surface area contributed by atoms with E-state index in [9.17, 15) is 0 Å². The average Bonchev–Trinajstić information content (AvgIpc) is 2.89. The molecule has 3 N–H and O–H groups in total. The maximum atomic E-state index is 5.74. The summed E-state index contributed by atoms with van der Waals surface area (Å²) in [6.45, 7) is 0. The number of H-pyrrole nitrogens is 1. The Morgan fingerprint density at radius 1 is 1.06 bits per heavy atom. The molecule has 2 aromatic heterocycles. The monoisotopic (exact) mass is 237 g/mol. The van der Waals surface area contributed by atoms with Gasteiger partial charge in [-0.1, -0.05) is 12.1 Å². The fraction of sp³-hybridized carbons (Fsp3) is 0. The molecule has 0 saturated heterocycles. The molecule has 18 heavy (non-hydrogen) atoms. The third-order valence-corrected chi connectivity index (χ3v) is 2.57. The normalized spacial score (nSPS) is 10.4. The Bertz CT molecular complexity index is 660. The van der Waals surface area contributed by atoms with Crippen LogP contribution in [0.25, 0.3) is 22.8 Å². The minimum Gasteiger partial charge on any atom is -0.399 e. The molecule has 3 aromatic rings. The second-order valence-corrected chi connectivity index (χ2v) is 3.87. The molecule has 0 aliphatic rings. The van der Waals surface area contributed by atoms with Crippen molar-refractivity contribution in [2.75, 3.05) is 5.73 Å². The minimum atomic E-state index is 0.625. The van der Waals surface area contributed by atoms with Gasteiger partial charge in [0, 0.05) is 29.2 Å². The quantitative estimate of drug-likeness (QED) is 0.669. The van der Waals surface area contributed by atoms with Gasteiger partial charge < -0.3 is 5.73 Å². The number of aromatic amines is 1. The second kappa shape index (κ2) is 4.29. The molecule has 0 aliphatic heterocycles. The lowest BCUT2D eigenvalue weighted by atomic mass is 10.2. The van der Waals surface area contributed by atoms with E-state index in [1.54, 1.807) is 12.4 Å². The Morgan fingerprint density at radius 2 is 1.94 bits per heavy atom. The molecule has 0 aliphatic carbocycles. The van der Waals surface area contributed by atoms with E-state index in [2.05, 4.69) is 20.2 Å². The number of nitrogens with two attached hydrogens (primary N) is 1. The Morgan fingerprint density at radius 3 is 2.72 bits per heavy atom. The Labute approximate surface area is 104 Å². The number of nitrogens with one attached hydrogen (secondary N) is 1. The van der Waals surface area contributed by atoms with Crippen LogP contribution in [0.4, 0.5) is 5.69 Å². The zero-order chi connectivity index (χ0) is 12.4. The molecular formula is C13H11N5. The lowest BCUT2D eigenvalue weighted by molar-refractivity contribution is 1.10. The number of hydrogen-bond acceptors (Lipinski definition) is 4. The molecular weight excluding hydrogens is 226 g/mol. The molecule has 5 nitrogen and oxygen atoms in total. The number of benzene rings is 1. The van der Waals surface area contributed by atoms with Gasteiger partial charge >= 0.3 is 0 Å². The maximum absolute atomic E-state index is 5.74. The summed E-state index contributed by atoms with van der Waals surface area (Å²) < 4.78 is 0. The van der Waals surface area contributed by atoms with E-state index in [4.69, 9.17) is 5.73 Å². The number of anilines is 1. The summed E-state index contributed by atoms with van der Waals surface area (Å²) in [5.41, 5.74) is 8.24. The van der Waals surface area contributed by atoms with Crippen LogP contribution in [0.5, 0.6) is 0 Å². The Kier molecular flexibility index (Phi) is 2.49. The van der Waals surface area contributed by atoms with Crippen LogP contribution < -0.4 is 5.73 Å². The molecule has 2 heterocycles. The molecule has 0 saturated carbocycles. The van der Waals surface area contributed by atoms with Crippen molar-refractivity contribution >= 4 is 5.69 Å². The highest BCUT2D eigenvalue weighted by atomic mass is 15.2. The van der Waals surface area contributed by atoms with Crippen LogP contribution in [0.15, 0.2) is 48.8 Å². The number of hydrogen-bond donors (Lipinski definition) is 2. The van der Waals surface area contributed by atoms with Crippen molar-refractivity contribution in [3.05, 3.63) is 48.8 Å². The maximum Gasteiger partial charge on any atom is 0.183 e. The van der Waals surface area contributed by atoms with E-state index in [1.807, 2.05) is 36.4 Å². The van der Waals surface area contributed by atoms with Gasteiger partial charge in [0.05, 0.1) is 0 Å². The van der Waals surface area contributed by atoms with Gasteiger partial charge in [0.1, 0.15) is 0 Å². The van der Waals surface area contributed by atoms with Crippen molar-refractivity contribution in [1.29, 1.82) is 0 Å². The Hall–Kier alpha value is -2.69. The molecule has 3 rings (SSSR count). The summed E-state index contributed by atoms with van der Waals surface area (Å²) in [7, 11) is 0. The summed E-state index contributed by atoms with van der Waals surface area (Å²) in [5, 5.41) is 7.08. The number of aromatic nitrogens is 4. The van der Waals surface area contributed by atoms with E-state index >= 15 is 0 Å². The fourth-order valence-corrected chi connectivity index (χ4v) is 1.70. The highest BCUT2D eigenvalue weighted by molar-refractivity contribution is 5.63. The van der Waals surface area contributed by atoms with Crippen molar-refractivity contribution in [1.82, 2.24) is 20.2 Å². The molecule has 0 bridgehead atoms. The zero-order valence-electron chi connectivity index (χ0n) is 9.54. The minimum absolute atomic E-state index is 0.625. The third-order valence-electron chi connectivity index (χ3n) is 2.57. The van der Waals surface area contributed by atoms with E-state index in [-0.39, 0.29) is 0 Å². The smallest absolute Gasteiger partial charge is 0.183 e. The van der Waals surface area contributed by atoms with E-state index in [0.717, 1.165) is 11.1 Å². The fourth-order valence-electron chi connectivity index (χ4n) is 1.70. The van der Waals surface area contributed by atoms with Crippen LogP contribution in [-0.4, -0.2) is 20.2 Å². The number of rotatable bonds is 2. The second-order valence-electron chi connectivity index (χ2n) is 3.87. The zero-order valence-corrected chi connectivity index (χ0v) is 9.54. The first kappa shape index (κ1) is 10.5. The van der Waals surface area contributed by atoms with Crippen molar-refractivity contribution < 1.29 is 0 Å². The van der Waals surface area contributed by atoms with Gasteiger partial charge in [0.2, 0.25) is 0 Å². The van der Waals surface area contributed by atoms with Gasteiger partial charge in [-0.15, -0.1) is 0 Å². The van der Waals surface area contributed by atoms with Crippen LogP contribution in [-0.2, 0) is 0 Å². The van der Waals surface area contributed by atoms with Crippen molar-refractivity contribution in [2.24, 2.45) is 0 Å². The molecule has 1 aromatic carbocycles. The molecule has 88 valence electrons. The Balaban J connectivity index is 2.00. The lowest BCUT2D eigenvalue weighted by Gasteiger charge is -1.97. The van der Waals surface area contributed by atoms with Gasteiger partial charge in [0.25, 0.3) is 0 Å². The van der Waals surface area contributed by atoms with E-state index in [0.29, 0.717) is 17.3 Å². The predicted octanol–water partition coefficient (Wildman–Crippen LogP) is 2.12. The van der Waals surface area contributed by atoms with Crippen LogP contribution >= 0.6 is 0 Å². The highest BCUT2D eigenvalue weighted by Crippen LogP contribution is 2.20. The molecule has 5 heteroatoms. The molecule has 0 amide bonds. The van der Waals surface area contributed by atoms with Crippen LogP contribution in [0.2, 0.25) is 0 Å². The standard InChI is InChI=1S/C13H11N5/c14-11-5-1-3-9(7-11)12-16-13(18-17-12)10-4-2-6-15-8-10/h1-8H,14H2,(H,16,17,18). The molecule has 0 fully saturated rings. The van der Waals surface area contributed by atoms with Gasteiger partial charge in [-0.25, -0.2) is 4.98 Å². The summed E-state index contributed by atoms with van der Waals surface area (Å²) in [4.78, 5) is 8.47. The number of pyridine rings is 1. The van der Waals surface area contributed by atoms with E-state index in [1.165, 1.54) is 0 Å². The SMILES string of the molecule is Nc1cccc(-c2nc(-c3cccnc3)n[nH]2)c1. The number of nitrogen functional groups attached to an aromatic ring is 1. The summed E-state index contributed by atoms with van der Waals surface area (Å²) in [6, 6.07) is 11.3. The van der Waals surface area contributed by atoms with Gasteiger partial charge in [0.15, 0.2) is 11.6 Å². The van der Waals surface area contributed by atoms with Crippen LogP contribution in [0, 0.1) is 0 Å². The first-order valence-electron chi connectivity index (χ1n) is 5.51. The lowest BCUT2D eigenvalue weighted by Crippen LogP contribution is -1.86. The molecule has 0 spiro atoms. The molecule has 0 unspecified atom stereocenters. The molecule has 0 atom stereocenters. The first-order chi connectivity index (χ1) is 8.83. The van der Waals surface area contributed by atoms with Crippen LogP contribution in [0.1, 0.15) is 0 Å². The largest absolute Gasteiger partial charge is 0.399 e. The van der Waals surface area contributed by atoms with Gasteiger partial charge in [-0.2, -0.15) is 5.10 Å². The summed E-state index contributed by atoms with van der Waals surface area (Å²) in [6.07, 6.45) is 3.45. The van der Waals surface area contributed by atoms with Gasteiger partial charge in [-0.05, 0) is 24.3 Å². The average molecular weight is 237 g/mol. The van der Waals surface area contributed by atoms with Crippen molar-refractivity contribution in [3.8, 4) is 22.8 Å². The topological polar surface area (TPSA) is 80.5 Å². The summed E-state index contributed by atoms with van der Waals surface area (Å²) in [5.74, 6) is 1.32. The van der Waals surface area contributed by atoms with Gasteiger partial charge in [-0.3, -0.25) is 10.1 Å². The van der Waals surface area contributed by atoms with E-state index < -0.39 is 0 Å². The van der Waals surface area contributed by atoms with Crippen molar-refractivity contribution in [2.45, 2.75) is 0 Å². The van der Waals surface area contributed by atoms with Crippen molar-refractivity contribution in [3.63, 3.8) is 0 Å². The van der Waals surface area contributed by atoms with Crippen LogP contribution in [0.3, 0.4) is 0 Å². The predicted molar refractivity (Wildman–Crippen MR) is 69.5 cm³/mol.